The molecule has 0 radical (unpaired) electrons. The Hall–Kier alpha value is -3.20. The third-order valence-electron chi connectivity index (χ3n) is 3.55. The molecule has 0 aliphatic carbocycles. The number of amides is 1. The standard InChI is InChI=1S/C19H20N4O4S/c1-11(2)27-13-7-5-12(6-8-13)15-10-28-19(21-15)23-17(24)14-9-16(25-3)22-18(20-14)26-4/h5-11H,1-4H3,(H,21,23,24). The average Bonchev–Trinajstić information content (AvgIpc) is 3.16. The maximum atomic E-state index is 12.5. The van der Waals surface area contributed by atoms with Crippen molar-refractivity contribution in [1.82, 2.24) is 15.0 Å². The fourth-order valence-corrected chi connectivity index (χ4v) is 3.03. The number of carbonyl (C=O) groups excluding carboxylic acids is 1. The summed E-state index contributed by atoms with van der Waals surface area (Å²) in [6, 6.07) is 9.13. The van der Waals surface area contributed by atoms with Gasteiger partial charge in [-0.1, -0.05) is 0 Å². The molecule has 28 heavy (non-hydrogen) atoms. The third kappa shape index (κ3) is 4.74. The molecule has 3 aromatic rings. The Balaban J connectivity index is 1.73. The van der Waals surface area contributed by atoms with Crippen LogP contribution in [0.2, 0.25) is 0 Å². The molecule has 1 aromatic carbocycles. The molecule has 0 unspecified atom stereocenters. The van der Waals surface area contributed by atoms with Gasteiger partial charge in [0, 0.05) is 17.0 Å². The van der Waals surface area contributed by atoms with E-state index in [2.05, 4.69) is 20.3 Å². The predicted octanol–water partition coefficient (Wildman–Crippen LogP) is 3.66. The number of ether oxygens (including phenoxy) is 3. The van der Waals surface area contributed by atoms with Gasteiger partial charge in [-0.15, -0.1) is 11.3 Å². The number of nitrogens with one attached hydrogen (secondary N) is 1. The largest absolute Gasteiger partial charge is 0.491 e. The van der Waals surface area contributed by atoms with Gasteiger partial charge in [-0.2, -0.15) is 9.97 Å². The van der Waals surface area contributed by atoms with Crippen molar-refractivity contribution in [1.29, 1.82) is 0 Å². The summed E-state index contributed by atoms with van der Waals surface area (Å²) in [4.78, 5) is 24.9. The van der Waals surface area contributed by atoms with E-state index >= 15 is 0 Å². The van der Waals surface area contributed by atoms with Crippen LogP contribution >= 0.6 is 11.3 Å². The molecule has 8 nitrogen and oxygen atoms in total. The van der Waals surface area contributed by atoms with Crippen LogP contribution < -0.4 is 19.5 Å². The van der Waals surface area contributed by atoms with Crippen molar-refractivity contribution in [3.05, 3.63) is 41.4 Å². The second-order valence-corrected chi connectivity index (χ2v) is 6.82. The zero-order chi connectivity index (χ0) is 20.1. The normalized spacial score (nSPS) is 10.6. The number of benzene rings is 1. The van der Waals surface area contributed by atoms with Gasteiger partial charge in [-0.3, -0.25) is 10.1 Å². The number of hydrogen-bond acceptors (Lipinski definition) is 8. The fourth-order valence-electron chi connectivity index (χ4n) is 2.32. The minimum atomic E-state index is -0.430. The van der Waals surface area contributed by atoms with Gasteiger partial charge in [0.25, 0.3) is 5.91 Å². The lowest BCUT2D eigenvalue weighted by atomic mass is 10.2. The first kappa shape index (κ1) is 19.6. The Morgan fingerprint density at radius 2 is 1.82 bits per heavy atom. The summed E-state index contributed by atoms with van der Waals surface area (Å²) >= 11 is 1.32. The molecule has 0 saturated heterocycles. The summed E-state index contributed by atoms with van der Waals surface area (Å²) in [7, 11) is 2.87. The zero-order valence-electron chi connectivity index (χ0n) is 15.9. The minimum absolute atomic E-state index is 0.0491. The van der Waals surface area contributed by atoms with E-state index in [9.17, 15) is 4.79 Å². The molecule has 0 saturated carbocycles. The van der Waals surface area contributed by atoms with Gasteiger partial charge in [0.05, 0.1) is 26.0 Å². The van der Waals surface area contributed by atoms with Crippen molar-refractivity contribution in [3.63, 3.8) is 0 Å². The Morgan fingerprint density at radius 3 is 2.46 bits per heavy atom. The van der Waals surface area contributed by atoms with E-state index in [1.807, 2.05) is 43.5 Å². The van der Waals surface area contributed by atoms with E-state index < -0.39 is 5.91 Å². The Kier molecular flexibility index (Phi) is 6.05. The summed E-state index contributed by atoms with van der Waals surface area (Å²) < 4.78 is 15.7. The molecule has 0 aliphatic rings. The molecule has 1 amide bonds. The van der Waals surface area contributed by atoms with Crippen molar-refractivity contribution >= 4 is 22.4 Å². The van der Waals surface area contributed by atoms with Crippen LogP contribution in [-0.4, -0.2) is 41.2 Å². The highest BCUT2D eigenvalue weighted by atomic mass is 32.1. The number of rotatable bonds is 7. The number of hydrogen-bond donors (Lipinski definition) is 1. The van der Waals surface area contributed by atoms with Gasteiger partial charge in [0.1, 0.15) is 11.4 Å². The average molecular weight is 400 g/mol. The lowest BCUT2D eigenvalue weighted by Gasteiger charge is -2.09. The highest BCUT2D eigenvalue weighted by Crippen LogP contribution is 2.27. The number of nitrogens with zero attached hydrogens (tertiary/aromatic N) is 3. The summed E-state index contributed by atoms with van der Waals surface area (Å²) in [5, 5.41) is 5.06. The molecule has 9 heteroatoms. The first-order chi connectivity index (χ1) is 13.5. The molecule has 0 fully saturated rings. The molecule has 0 aliphatic heterocycles. The van der Waals surface area contributed by atoms with Crippen LogP contribution in [0.3, 0.4) is 0 Å². The molecule has 2 aromatic heterocycles. The van der Waals surface area contributed by atoms with E-state index in [4.69, 9.17) is 14.2 Å². The molecule has 2 heterocycles. The summed E-state index contributed by atoms with van der Waals surface area (Å²) in [5.41, 5.74) is 1.81. The molecular formula is C19H20N4O4S. The molecule has 0 spiro atoms. The summed E-state index contributed by atoms with van der Waals surface area (Å²) in [6.45, 7) is 3.96. The number of methoxy groups -OCH3 is 2. The lowest BCUT2D eigenvalue weighted by molar-refractivity contribution is 0.102. The van der Waals surface area contributed by atoms with Crippen molar-refractivity contribution in [3.8, 4) is 28.9 Å². The maximum Gasteiger partial charge on any atom is 0.320 e. The molecule has 1 N–H and O–H groups in total. The Bertz CT molecular complexity index is 935. The summed E-state index contributed by atoms with van der Waals surface area (Å²) in [6.07, 6.45) is 0.117. The topological polar surface area (TPSA) is 95.5 Å². The van der Waals surface area contributed by atoms with Gasteiger partial charge in [-0.05, 0) is 38.1 Å². The zero-order valence-corrected chi connectivity index (χ0v) is 16.7. The van der Waals surface area contributed by atoms with Crippen LogP contribution in [0.4, 0.5) is 5.13 Å². The predicted molar refractivity (Wildman–Crippen MR) is 106 cm³/mol. The van der Waals surface area contributed by atoms with Crippen LogP contribution in [0.25, 0.3) is 11.3 Å². The molecule has 3 rings (SSSR count). The molecule has 0 atom stereocenters. The number of aromatic nitrogens is 3. The first-order valence-electron chi connectivity index (χ1n) is 8.49. The van der Waals surface area contributed by atoms with Gasteiger partial charge >= 0.3 is 6.01 Å². The highest BCUT2D eigenvalue weighted by Gasteiger charge is 2.15. The molecule has 0 bridgehead atoms. The second kappa shape index (κ2) is 8.66. The van der Waals surface area contributed by atoms with E-state index in [-0.39, 0.29) is 23.7 Å². The van der Waals surface area contributed by atoms with E-state index in [0.29, 0.717) is 5.13 Å². The number of anilines is 1. The molecular weight excluding hydrogens is 380 g/mol. The van der Waals surface area contributed by atoms with Gasteiger partial charge in [0.15, 0.2) is 5.13 Å². The van der Waals surface area contributed by atoms with Gasteiger partial charge < -0.3 is 14.2 Å². The fraction of sp³-hybridized carbons (Fsp3) is 0.263. The summed E-state index contributed by atoms with van der Waals surface area (Å²) in [5.74, 6) is 0.607. The van der Waals surface area contributed by atoms with Crippen LogP contribution in [-0.2, 0) is 0 Å². The van der Waals surface area contributed by atoms with Crippen molar-refractivity contribution in [2.75, 3.05) is 19.5 Å². The van der Waals surface area contributed by atoms with Crippen LogP contribution in [0.1, 0.15) is 24.3 Å². The van der Waals surface area contributed by atoms with Crippen molar-refractivity contribution in [2.24, 2.45) is 0 Å². The first-order valence-corrected chi connectivity index (χ1v) is 9.37. The second-order valence-electron chi connectivity index (χ2n) is 5.97. The van der Waals surface area contributed by atoms with Crippen LogP contribution in [0, 0.1) is 0 Å². The monoisotopic (exact) mass is 400 g/mol. The third-order valence-corrected chi connectivity index (χ3v) is 4.31. The minimum Gasteiger partial charge on any atom is -0.491 e. The maximum absolute atomic E-state index is 12.5. The van der Waals surface area contributed by atoms with Gasteiger partial charge in [0.2, 0.25) is 5.88 Å². The van der Waals surface area contributed by atoms with E-state index in [1.54, 1.807) is 0 Å². The number of carbonyl (C=O) groups is 1. The highest BCUT2D eigenvalue weighted by molar-refractivity contribution is 7.14. The van der Waals surface area contributed by atoms with Crippen LogP contribution in [0.15, 0.2) is 35.7 Å². The van der Waals surface area contributed by atoms with E-state index in [0.717, 1.165) is 17.0 Å². The van der Waals surface area contributed by atoms with Crippen molar-refractivity contribution in [2.45, 2.75) is 20.0 Å². The van der Waals surface area contributed by atoms with Gasteiger partial charge in [-0.25, -0.2) is 4.98 Å². The lowest BCUT2D eigenvalue weighted by Crippen LogP contribution is -2.14. The van der Waals surface area contributed by atoms with Crippen molar-refractivity contribution < 1.29 is 19.0 Å². The quantitative estimate of drug-likeness (QED) is 0.647. The molecule has 146 valence electrons. The number of thiazole rings is 1. The SMILES string of the molecule is COc1cc(C(=O)Nc2nc(-c3ccc(OC(C)C)cc3)cs2)nc(OC)n1. The Labute approximate surface area is 166 Å². The van der Waals surface area contributed by atoms with E-state index in [1.165, 1.54) is 31.6 Å². The smallest absolute Gasteiger partial charge is 0.320 e. The van der Waals surface area contributed by atoms with Crippen LogP contribution in [0.5, 0.6) is 17.6 Å². The Morgan fingerprint density at radius 1 is 1.07 bits per heavy atom.